The van der Waals surface area contributed by atoms with Crippen LogP contribution in [0.3, 0.4) is 0 Å². The number of hydrogen-bond acceptors (Lipinski definition) is 8. The summed E-state index contributed by atoms with van der Waals surface area (Å²) in [5.74, 6) is 1.30. The van der Waals surface area contributed by atoms with E-state index in [0.29, 0.717) is 5.88 Å². The zero-order valence-corrected chi connectivity index (χ0v) is 14.9. The minimum atomic E-state index is -0.114. The lowest BCUT2D eigenvalue weighted by molar-refractivity contribution is 0.0405. The molecule has 25 heavy (non-hydrogen) atoms. The zero-order valence-electron chi connectivity index (χ0n) is 14.9. The lowest BCUT2D eigenvalue weighted by Gasteiger charge is -2.33. The summed E-state index contributed by atoms with van der Waals surface area (Å²) in [5.41, 5.74) is 0. The predicted molar refractivity (Wildman–Crippen MR) is 93.4 cm³/mol. The topological polar surface area (TPSA) is 88.8 Å². The molecule has 2 aliphatic heterocycles. The Morgan fingerprint density at radius 1 is 1.32 bits per heavy atom. The van der Waals surface area contributed by atoms with Gasteiger partial charge in [0.25, 0.3) is 0 Å². The van der Waals surface area contributed by atoms with E-state index in [4.69, 9.17) is 4.74 Å². The first-order valence-electron chi connectivity index (χ1n) is 8.85. The third-order valence-corrected chi connectivity index (χ3v) is 5.06. The molecular weight excluding hydrogens is 320 g/mol. The SMILES string of the molecule is C[C@H](Oc1cc(N2CCN(C)CC2)nc(C#N)n1)[C@@H]1CCCN1CO. The van der Waals surface area contributed by atoms with Gasteiger partial charge in [-0.1, -0.05) is 0 Å². The van der Waals surface area contributed by atoms with Gasteiger partial charge < -0.3 is 19.6 Å². The number of aliphatic hydroxyl groups is 1. The van der Waals surface area contributed by atoms with Gasteiger partial charge in [0.2, 0.25) is 11.7 Å². The predicted octanol–water partition coefficient (Wildman–Crippen LogP) is 0.282. The summed E-state index contributed by atoms with van der Waals surface area (Å²) < 4.78 is 6.03. The molecule has 0 radical (unpaired) electrons. The number of piperazine rings is 1. The highest BCUT2D eigenvalue weighted by atomic mass is 16.5. The molecule has 0 unspecified atom stereocenters. The summed E-state index contributed by atoms with van der Waals surface area (Å²) in [6.07, 6.45) is 1.93. The smallest absolute Gasteiger partial charge is 0.237 e. The Bertz CT molecular complexity index is 626. The van der Waals surface area contributed by atoms with Crippen LogP contribution in [0, 0.1) is 11.3 Å². The molecule has 2 aliphatic rings. The minimum Gasteiger partial charge on any atom is -0.473 e. The van der Waals surface area contributed by atoms with Gasteiger partial charge in [-0.3, -0.25) is 4.90 Å². The fourth-order valence-electron chi connectivity index (χ4n) is 3.55. The van der Waals surface area contributed by atoms with Crippen LogP contribution >= 0.6 is 0 Å². The molecule has 0 aliphatic carbocycles. The Balaban J connectivity index is 1.74. The third kappa shape index (κ3) is 4.18. The molecule has 8 nitrogen and oxygen atoms in total. The minimum absolute atomic E-state index is 0.0398. The van der Waals surface area contributed by atoms with Crippen molar-refractivity contribution in [1.82, 2.24) is 19.8 Å². The van der Waals surface area contributed by atoms with Crippen molar-refractivity contribution in [1.29, 1.82) is 5.26 Å². The van der Waals surface area contributed by atoms with E-state index in [1.165, 1.54) is 0 Å². The van der Waals surface area contributed by atoms with Crippen molar-refractivity contribution in [2.75, 3.05) is 51.4 Å². The first kappa shape index (κ1) is 17.9. The highest BCUT2D eigenvalue weighted by Crippen LogP contribution is 2.24. The highest BCUT2D eigenvalue weighted by Gasteiger charge is 2.30. The number of aliphatic hydroxyl groups excluding tert-OH is 1. The third-order valence-electron chi connectivity index (χ3n) is 5.06. The maximum absolute atomic E-state index is 9.46. The van der Waals surface area contributed by atoms with Gasteiger partial charge in [-0.2, -0.15) is 10.2 Å². The number of anilines is 1. The van der Waals surface area contributed by atoms with Crippen molar-refractivity contribution in [3.05, 3.63) is 11.9 Å². The Kier molecular flexibility index (Phi) is 5.68. The van der Waals surface area contributed by atoms with Crippen LogP contribution in [-0.2, 0) is 0 Å². The lowest BCUT2D eigenvalue weighted by atomic mass is 10.1. The van der Waals surface area contributed by atoms with Crippen molar-refractivity contribution < 1.29 is 9.84 Å². The maximum atomic E-state index is 9.46. The first-order valence-corrected chi connectivity index (χ1v) is 8.85. The molecule has 3 heterocycles. The molecule has 2 fully saturated rings. The Morgan fingerprint density at radius 2 is 2.08 bits per heavy atom. The summed E-state index contributed by atoms with van der Waals surface area (Å²) in [6.45, 7) is 6.58. The first-order chi connectivity index (χ1) is 12.1. The monoisotopic (exact) mass is 346 g/mol. The largest absolute Gasteiger partial charge is 0.473 e. The molecule has 2 atom stereocenters. The lowest BCUT2D eigenvalue weighted by Crippen LogP contribution is -2.45. The van der Waals surface area contributed by atoms with E-state index in [1.54, 1.807) is 0 Å². The fourth-order valence-corrected chi connectivity index (χ4v) is 3.55. The Morgan fingerprint density at radius 3 is 2.76 bits per heavy atom. The number of nitrogens with zero attached hydrogens (tertiary/aromatic N) is 6. The van der Waals surface area contributed by atoms with Crippen LogP contribution in [0.4, 0.5) is 5.82 Å². The van der Waals surface area contributed by atoms with Crippen LogP contribution in [0.15, 0.2) is 6.07 Å². The van der Waals surface area contributed by atoms with Crippen LogP contribution in [0.5, 0.6) is 5.88 Å². The molecule has 0 saturated carbocycles. The van der Waals surface area contributed by atoms with E-state index in [1.807, 2.05) is 24.0 Å². The number of likely N-dealkylation sites (N-methyl/N-ethyl adjacent to an activating group) is 1. The van der Waals surface area contributed by atoms with E-state index in [2.05, 4.69) is 26.8 Å². The van der Waals surface area contributed by atoms with Crippen molar-refractivity contribution in [2.24, 2.45) is 0 Å². The second-order valence-corrected chi connectivity index (χ2v) is 6.78. The molecule has 8 heteroatoms. The second-order valence-electron chi connectivity index (χ2n) is 6.78. The van der Waals surface area contributed by atoms with Gasteiger partial charge in [0.05, 0.1) is 6.73 Å². The van der Waals surface area contributed by atoms with Crippen LogP contribution in [-0.4, -0.2) is 83.5 Å². The van der Waals surface area contributed by atoms with Crippen molar-refractivity contribution >= 4 is 5.82 Å². The maximum Gasteiger partial charge on any atom is 0.237 e. The van der Waals surface area contributed by atoms with Crippen LogP contribution < -0.4 is 9.64 Å². The summed E-state index contributed by atoms with van der Waals surface area (Å²) in [7, 11) is 2.10. The van der Waals surface area contributed by atoms with Crippen molar-refractivity contribution in [3.63, 3.8) is 0 Å². The number of hydrogen-bond donors (Lipinski definition) is 1. The molecule has 136 valence electrons. The number of rotatable bonds is 5. The molecule has 1 aromatic heterocycles. The van der Waals surface area contributed by atoms with Crippen LogP contribution in [0.1, 0.15) is 25.6 Å². The van der Waals surface area contributed by atoms with Gasteiger partial charge in [0, 0.05) is 44.8 Å². The molecular formula is C17H26N6O2. The van der Waals surface area contributed by atoms with Gasteiger partial charge in [-0.25, -0.2) is 4.98 Å². The molecule has 2 saturated heterocycles. The zero-order chi connectivity index (χ0) is 17.8. The van der Waals surface area contributed by atoms with Crippen LogP contribution in [0.2, 0.25) is 0 Å². The number of likely N-dealkylation sites (tertiary alicyclic amines) is 1. The molecule has 1 aromatic rings. The van der Waals surface area contributed by atoms with Gasteiger partial charge >= 0.3 is 0 Å². The molecule has 0 aromatic carbocycles. The number of nitriles is 1. The quantitative estimate of drug-likeness (QED) is 0.813. The normalized spacial score (nSPS) is 23.4. The number of aromatic nitrogens is 2. The van der Waals surface area contributed by atoms with Crippen molar-refractivity contribution in [3.8, 4) is 11.9 Å². The molecule has 0 amide bonds. The summed E-state index contributed by atoms with van der Waals surface area (Å²) in [4.78, 5) is 15.0. The molecule has 3 rings (SSSR count). The van der Waals surface area contributed by atoms with Crippen LogP contribution in [0.25, 0.3) is 0 Å². The summed E-state index contributed by atoms with van der Waals surface area (Å²) in [6, 6.07) is 4.01. The van der Waals surface area contributed by atoms with Gasteiger partial charge in [0.1, 0.15) is 18.0 Å². The molecule has 1 N–H and O–H groups in total. The Labute approximate surface area is 148 Å². The Hall–Kier alpha value is -1.95. The second kappa shape index (κ2) is 7.95. The van der Waals surface area contributed by atoms with E-state index < -0.39 is 0 Å². The van der Waals surface area contributed by atoms with Gasteiger partial charge in [-0.05, 0) is 26.8 Å². The van der Waals surface area contributed by atoms with Crippen molar-refractivity contribution in [2.45, 2.75) is 31.9 Å². The van der Waals surface area contributed by atoms with E-state index in [0.717, 1.165) is 51.4 Å². The number of ether oxygens (including phenoxy) is 1. The van der Waals surface area contributed by atoms with E-state index in [9.17, 15) is 10.4 Å². The van der Waals surface area contributed by atoms with Gasteiger partial charge in [0.15, 0.2) is 0 Å². The van der Waals surface area contributed by atoms with E-state index >= 15 is 0 Å². The van der Waals surface area contributed by atoms with Gasteiger partial charge in [-0.15, -0.1) is 0 Å². The van der Waals surface area contributed by atoms with E-state index in [-0.39, 0.29) is 24.7 Å². The highest BCUT2D eigenvalue weighted by molar-refractivity contribution is 5.44. The molecule has 0 bridgehead atoms. The molecule has 0 spiro atoms. The summed E-state index contributed by atoms with van der Waals surface area (Å²) >= 11 is 0. The standard InChI is InChI=1S/C17H26N6O2/c1-13(14-4-3-5-23(14)12-24)25-17-10-16(19-15(11-18)20-17)22-8-6-21(2)7-9-22/h10,13-14,24H,3-9,12H2,1-2H3/t13-,14-/m0/s1. The average Bonchev–Trinajstić information content (AvgIpc) is 3.11. The summed E-state index contributed by atoms with van der Waals surface area (Å²) in [5, 5.41) is 18.7. The average molecular weight is 346 g/mol. The fraction of sp³-hybridized carbons (Fsp3) is 0.706.